The van der Waals surface area contributed by atoms with Crippen molar-refractivity contribution in [2.24, 2.45) is 0 Å². The summed E-state index contributed by atoms with van der Waals surface area (Å²) < 4.78 is 0. The molecule has 1 N–H and O–H groups in total. The molecule has 1 unspecified atom stereocenters. The first kappa shape index (κ1) is 9.43. The topological polar surface area (TPSA) is 45.6 Å². The van der Waals surface area contributed by atoms with Crippen molar-refractivity contribution in [3.63, 3.8) is 0 Å². The number of anilines is 1. The van der Waals surface area contributed by atoms with Gasteiger partial charge in [-0.2, -0.15) is 0 Å². The second-order valence-corrected chi connectivity index (χ2v) is 3.66. The van der Waals surface area contributed by atoms with Gasteiger partial charge in [-0.1, -0.05) is 6.07 Å². The molecular formula is C10H14N2O2. The van der Waals surface area contributed by atoms with Crippen molar-refractivity contribution < 1.29 is 9.94 Å². The first-order chi connectivity index (χ1) is 6.66. The van der Waals surface area contributed by atoms with E-state index in [2.05, 4.69) is 11.1 Å². The van der Waals surface area contributed by atoms with Crippen LogP contribution < -0.4 is 5.06 Å². The van der Waals surface area contributed by atoms with Crippen LogP contribution >= 0.6 is 0 Å². The lowest BCUT2D eigenvalue weighted by Crippen LogP contribution is -2.21. The molecule has 1 aliphatic heterocycles. The lowest BCUT2D eigenvalue weighted by atomic mass is 10.2. The van der Waals surface area contributed by atoms with Crippen LogP contribution in [0.5, 0.6) is 0 Å². The monoisotopic (exact) mass is 194 g/mol. The van der Waals surface area contributed by atoms with E-state index in [4.69, 9.17) is 4.84 Å². The molecule has 0 spiro atoms. The number of rotatable bonds is 1. The molecule has 2 heterocycles. The zero-order valence-corrected chi connectivity index (χ0v) is 8.40. The predicted octanol–water partition coefficient (Wildman–Crippen LogP) is 0.811. The quantitative estimate of drug-likeness (QED) is 0.718. The van der Waals surface area contributed by atoms with Crippen LogP contribution in [0.1, 0.15) is 11.1 Å². The Hall–Kier alpha value is -1.13. The van der Waals surface area contributed by atoms with E-state index >= 15 is 0 Å². The smallest absolute Gasteiger partial charge is 0.155 e. The SMILES string of the molecule is Cc1cnc(N2CC(O)CO2)c(C)c1. The van der Waals surface area contributed by atoms with Crippen LogP contribution in [0.15, 0.2) is 12.3 Å². The lowest BCUT2D eigenvalue weighted by Gasteiger charge is -2.16. The zero-order valence-electron chi connectivity index (χ0n) is 8.40. The van der Waals surface area contributed by atoms with Gasteiger partial charge in [0.1, 0.15) is 6.61 Å². The number of hydrogen-bond donors (Lipinski definition) is 1. The van der Waals surface area contributed by atoms with E-state index in [0.29, 0.717) is 13.2 Å². The van der Waals surface area contributed by atoms with Gasteiger partial charge in [-0.25, -0.2) is 10.0 Å². The van der Waals surface area contributed by atoms with Gasteiger partial charge in [0, 0.05) is 6.20 Å². The Labute approximate surface area is 83.1 Å². The highest BCUT2D eigenvalue weighted by atomic mass is 16.7. The van der Waals surface area contributed by atoms with Gasteiger partial charge in [0.15, 0.2) is 5.82 Å². The van der Waals surface area contributed by atoms with Crippen LogP contribution in [0, 0.1) is 13.8 Å². The molecular weight excluding hydrogens is 180 g/mol. The van der Waals surface area contributed by atoms with Crippen molar-refractivity contribution in [1.29, 1.82) is 0 Å². The predicted molar refractivity (Wildman–Crippen MR) is 53.0 cm³/mol. The average Bonchev–Trinajstić information content (AvgIpc) is 2.51. The van der Waals surface area contributed by atoms with E-state index in [1.165, 1.54) is 0 Å². The third kappa shape index (κ3) is 1.71. The fraction of sp³-hybridized carbons (Fsp3) is 0.500. The molecule has 0 aromatic carbocycles. The number of aromatic nitrogens is 1. The number of aryl methyl sites for hydroxylation is 2. The molecule has 0 radical (unpaired) electrons. The molecule has 1 aromatic heterocycles. The Kier molecular flexibility index (Phi) is 2.39. The van der Waals surface area contributed by atoms with E-state index in [1.807, 2.05) is 13.8 Å². The van der Waals surface area contributed by atoms with Crippen LogP contribution in [0.2, 0.25) is 0 Å². The van der Waals surface area contributed by atoms with Gasteiger partial charge in [0.05, 0.1) is 12.6 Å². The normalized spacial score (nSPS) is 21.6. The van der Waals surface area contributed by atoms with E-state index in [0.717, 1.165) is 16.9 Å². The molecule has 0 saturated carbocycles. The van der Waals surface area contributed by atoms with Crippen LogP contribution in [0.25, 0.3) is 0 Å². The summed E-state index contributed by atoms with van der Waals surface area (Å²) in [5.41, 5.74) is 2.20. The number of aliphatic hydroxyl groups excluding tert-OH is 1. The molecule has 1 aliphatic rings. The highest BCUT2D eigenvalue weighted by molar-refractivity contribution is 5.45. The molecule has 1 fully saturated rings. The summed E-state index contributed by atoms with van der Waals surface area (Å²) in [4.78, 5) is 9.58. The molecule has 0 aliphatic carbocycles. The molecule has 0 amide bonds. The molecule has 76 valence electrons. The number of pyridine rings is 1. The maximum absolute atomic E-state index is 9.31. The number of hydrogen-bond acceptors (Lipinski definition) is 4. The van der Waals surface area contributed by atoms with Crippen LogP contribution in [0.4, 0.5) is 5.82 Å². The van der Waals surface area contributed by atoms with Gasteiger partial charge in [-0.3, -0.25) is 4.84 Å². The zero-order chi connectivity index (χ0) is 10.1. The molecule has 4 heteroatoms. The van der Waals surface area contributed by atoms with E-state index < -0.39 is 6.10 Å². The molecule has 4 nitrogen and oxygen atoms in total. The highest BCUT2D eigenvalue weighted by Crippen LogP contribution is 2.21. The number of β-amino-alcohol motifs (C(OH)–C–C–N with tert-alkyl or cyclic N) is 1. The molecule has 0 bridgehead atoms. The van der Waals surface area contributed by atoms with Gasteiger partial charge in [-0.05, 0) is 25.0 Å². The van der Waals surface area contributed by atoms with Crippen molar-refractivity contribution in [1.82, 2.24) is 4.98 Å². The van der Waals surface area contributed by atoms with E-state index in [-0.39, 0.29) is 0 Å². The minimum atomic E-state index is -0.405. The average molecular weight is 194 g/mol. The fourth-order valence-corrected chi connectivity index (χ4v) is 1.59. The van der Waals surface area contributed by atoms with Crippen molar-refractivity contribution in [3.8, 4) is 0 Å². The summed E-state index contributed by atoms with van der Waals surface area (Å²) in [5.74, 6) is 0.798. The Bertz CT molecular complexity index is 341. The first-order valence-corrected chi connectivity index (χ1v) is 4.68. The summed E-state index contributed by atoms with van der Waals surface area (Å²) >= 11 is 0. The minimum absolute atomic E-state index is 0.356. The number of hydroxylamine groups is 1. The second kappa shape index (κ2) is 3.55. The fourth-order valence-electron chi connectivity index (χ4n) is 1.59. The summed E-state index contributed by atoms with van der Waals surface area (Å²) in [6.07, 6.45) is 1.40. The lowest BCUT2D eigenvalue weighted by molar-refractivity contribution is 0.115. The van der Waals surface area contributed by atoms with Crippen molar-refractivity contribution in [3.05, 3.63) is 23.4 Å². The van der Waals surface area contributed by atoms with Crippen molar-refractivity contribution in [2.45, 2.75) is 20.0 Å². The third-order valence-corrected chi connectivity index (χ3v) is 2.22. The molecule has 1 saturated heterocycles. The minimum Gasteiger partial charge on any atom is -0.389 e. The van der Waals surface area contributed by atoms with Gasteiger partial charge in [0.2, 0.25) is 0 Å². The largest absolute Gasteiger partial charge is 0.389 e. The summed E-state index contributed by atoms with van der Waals surface area (Å²) in [6, 6.07) is 2.05. The van der Waals surface area contributed by atoms with Crippen molar-refractivity contribution in [2.75, 3.05) is 18.2 Å². The Morgan fingerprint density at radius 1 is 1.57 bits per heavy atom. The highest BCUT2D eigenvalue weighted by Gasteiger charge is 2.23. The molecule has 2 rings (SSSR count). The summed E-state index contributed by atoms with van der Waals surface area (Å²) in [6.45, 7) is 4.85. The van der Waals surface area contributed by atoms with Crippen LogP contribution in [0.3, 0.4) is 0 Å². The number of aliphatic hydroxyl groups is 1. The maximum atomic E-state index is 9.31. The van der Waals surface area contributed by atoms with Crippen LogP contribution in [-0.2, 0) is 4.84 Å². The summed E-state index contributed by atoms with van der Waals surface area (Å²) in [5, 5.41) is 11.0. The summed E-state index contributed by atoms with van der Waals surface area (Å²) in [7, 11) is 0. The third-order valence-electron chi connectivity index (χ3n) is 2.22. The second-order valence-electron chi connectivity index (χ2n) is 3.66. The molecule has 14 heavy (non-hydrogen) atoms. The Morgan fingerprint density at radius 2 is 2.36 bits per heavy atom. The maximum Gasteiger partial charge on any atom is 0.155 e. The van der Waals surface area contributed by atoms with Gasteiger partial charge >= 0.3 is 0 Å². The van der Waals surface area contributed by atoms with Crippen molar-refractivity contribution >= 4 is 5.82 Å². The van der Waals surface area contributed by atoms with Gasteiger partial charge in [-0.15, -0.1) is 0 Å². The van der Waals surface area contributed by atoms with Crippen LogP contribution in [-0.4, -0.2) is 29.3 Å². The van der Waals surface area contributed by atoms with Gasteiger partial charge < -0.3 is 5.11 Å². The van der Waals surface area contributed by atoms with E-state index in [1.54, 1.807) is 11.3 Å². The Balaban J connectivity index is 2.24. The molecule has 1 aromatic rings. The van der Waals surface area contributed by atoms with Gasteiger partial charge in [0.25, 0.3) is 0 Å². The molecule has 1 atom stereocenters. The Morgan fingerprint density at radius 3 is 2.93 bits per heavy atom. The standard InChI is InChI=1S/C10H14N2O2/c1-7-3-8(2)10(11-4-7)12-5-9(13)6-14-12/h3-4,9,13H,5-6H2,1-2H3. The van der Waals surface area contributed by atoms with E-state index in [9.17, 15) is 5.11 Å². The number of nitrogens with zero attached hydrogens (tertiary/aromatic N) is 2. The first-order valence-electron chi connectivity index (χ1n) is 4.68.